The smallest absolute Gasteiger partial charge is 0.239 e. The molecule has 0 bridgehead atoms. The summed E-state index contributed by atoms with van der Waals surface area (Å²) in [4.78, 5) is 8.25. The molecular formula is C14H21N3OS. The van der Waals surface area contributed by atoms with Crippen LogP contribution >= 0.6 is 11.8 Å². The second kappa shape index (κ2) is 6.28. The Labute approximate surface area is 118 Å². The monoisotopic (exact) mass is 279 g/mol. The third-order valence-electron chi connectivity index (χ3n) is 3.65. The van der Waals surface area contributed by atoms with Crippen molar-refractivity contribution in [2.24, 2.45) is 4.99 Å². The Hall–Kier alpha value is -1.23. The summed E-state index contributed by atoms with van der Waals surface area (Å²) in [5.74, 6) is -0.00577. The Morgan fingerprint density at radius 3 is 2.89 bits per heavy atom. The van der Waals surface area contributed by atoms with E-state index in [1.165, 1.54) is 19.3 Å². The first-order valence-electron chi connectivity index (χ1n) is 6.65. The van der Waals surface area contributed by atoms with E-state index in [4.69, 9.17) is 0 Å². The van der Waals surface area contributed by atoms with E-state index in [2.05, 4.69) is 20.8 Å². The van der Waals surface area contributed by atoms with E-state index < -0.39 is 0 Å². The minimum atomic E-state index is -0.00577. The Morgan fingerprint density at radius 2 is 2.32 bits per heavy atom. The number of nitrogens with zero attached hydrogens (tertiary/aromatic N) is 3. The maximum atomic E-state index is 9.91. The summed E-state index contributed by atoms with van der Waals surface area (Å²) in [6.07, 6.45) is 11.2. The van der Waals surface area contributed by atoms with Crippen molar-refractivity contribution in [3.63, 3.8) is 0 Å². The first kappa shape index (κ1) is 14.2. The lowest BCUT2D eigenvalue weighted by atomic mass is 10.2. The van der Waals surface area contributed by atoms with Gasteiger partial charge in [-0.25, -0.2) is 9.98 Å². The Kier molecular flexibility index (Phi) is 4.69. The molecule has 1 N–H and O–H groups in total. The summed E-state index contributed by atoms with van der Waals surface area (Å²) in [6.45, 7) is 3.75. The summed E-state index contributed by atoms with van der Waals surface area (Å²) in [5, 5.41) is 12.2. The molecule has 1 fully saturated rings. The van der Waals surface area contributed by atoms with Gasteiger partial charge in [-0.05, 0) is 39.4 Å². The van der Waals surface area contributed by atoms with Gasteiger partial charge < -0.3 is 9.67 Å². The van der Waals surface area contributed by atoms with Crippen molar-refractivity contribution in [1.82, 2.24) is 9.55 Å². The highest BCUT2D eigenvalue weighted by molar-refractivity contribution is 7.99. The summed E-state index contributed by atoms with van der Waals surface area (Å²) < 4.78 is 2.19. The zero-order valence-corrected chi connectivity index (χ0v) is 12.5. The largest absolute Gasteiger partial charge is 0.492 e. The van der Waals surface area contributed by atoms with Crippen LogP contribution in [-0.4, -0.2) is 32.4 Å². The quantitative estimate of drug-likeness (QED) is 0.859. The summed E-state index contributed by atoms with van der Waals surface area (Å²) >= 11 is 1.94. The van der Waals surface area contributed by atoms with E-state index in [0.717, 1.165) is 10.6 Å². The second-order valence-corrected chi connectivity index (χ2v) is 5.85. The van der Waals surface area contributed by atoms with Crippen LogP contribution < -0.4 is 10.7 Å². The number of aliphatic hydroxyl groups excluding tert-OH is 1. The topological polar surface area (TPSA) is 50.4 Å². The molecule has 1 aromatic heterocycles. The van der Waals surface area contributed by atoms with Crippen molar-refractivity contribution in [3.8, 4) is 0 Å². The fourth-order valence-electron chi connectivity index (χ4n) is 2.69. The van der Waals surface area contributed by atoms with E-state index in [1.54, 1.807) is 13.1 Å². The number of aliphatic hydroxyl groups is 1. The maximum Gasteiger partial charge on any atom is 0.239 e. The van der Waals surface area contributed by atoms with Crippen LogP contribution in [0.4, 0.5) is 0 Å². The molecule has 0 aliphatic heterocycles. The predicted molar refractivity (Wildman–Crippen MR) is 82.0 cm³/mol. The first-order chi connectivity index (χ1) is 9.21. The van der Waals surface area contributed by atoms with Gasteiger partial charge in [-0.15, -0.1) is 0 Å². The van der Waals surface area contributed by atoms with Gasteiger partial charge in [0.15, 0.2) is 0 Å². The molecule has 5 heteroatoms. The molecule has 19 heavy (non-hydrogen) atoms. The summed E-state index contributed by atoms with van der Waals surface area (Å²) in [7, 11) is 0. The van der Waals surface area contributed by atoms with E-state index in [0.29, 0.717) is 11.4 Å². The number of rotatable bonds is 3. The summed E-state index contributed by atoms with van der Waals surface area (Å²) in [6, 6.07) is 0.489. The molecule has 0 radical (unpaired) electrons. The highest BCUT2D eigenvalue weighted by Gasteiger charge is 2.25. The molecule has 1 aromatic rings. The lowest BCUT2D eigenvalue weighted by Gasteiger charge is -2.12. The number of aromatic nitrogens is 2. The molecule has 0 spiro atoms. The molecule has 104 valence electrons. The lowest BCUT2D eigenvalue weighted by molar-refractivity contribution is 0.488. The Morgan fingerprint density at radius 1 is 1.53 bits per heavy atom. The normalized spacial score (nSPS) is 26.4. The van der Waals surface area contributed by atoms with Gasteiger partial charge in [-0.1, -0.05) is 6.08 Å². The SMILES string of the molecule is C\C=N/C(O)=c1/ncn(C2CC[C@@H](SC)C2)/c1=C\C. The highest BCUT2D eigenvalue weighted by atomic mass is 32.2. The second-order valence-electron chi connectivity index (χ2n) is 4.71. The average Bonchev–Trinajstić information content (AvgIpc) is 3.04. The third kappa shape index (κ3) is 2.86. The molecule has 1 heterocycles. The van der Waals surface area contributed by atoms with Crippen molar-refractivity contribution < 1.29 is 5.11 Å². The zero-order chi connectivity index (χ0) is 13.8. The third-order valence-corrected chi connectivity index (χ3v) is 4.75. The Bertz CT molecular complexity index is 576. The van der Waals surface area contributed by atoms with Crippen LogP contribution in [0.3, 0.4) is 0 Å². The van der Waals surface area contributed by atoms with Crippen LogP contribution in [0.2, 0.25) is 0 Å². The van der Waals surface area contributed by atoms with Crippen LogP contribution in [0.5, 0.6) is 0 Å². The van der Waals surface area contributed by atoms with Crippen LogP contribution in [0, 0.1) is 0 Å². The van der Waals surface area contributed by atoms with Gasteiger partial charge in [-0.3, -0.25) is 0 Å². The standard InChI is InChI=1S/C14H21N3OS/c1-4-12-13(14(18)15-5-2)16-9-17(12)10-6-7-11(8-10)19-3/h4-5,9-11,18H,6-8H2,1-3H3/b12-4-,14-13-,15-5-/t10?,11-/m1/s1. The minimum absolute atomic E-state index is 0.00577. The van der Waals surface area contributed by atoms with Crippen LogP contribution in [0.25, 0.3) is 12.0 Å². The zero-order valence-electron chi connectivity index (χ0n) is 11.7. The predicted octanol–water partition coefficient (Wildman–Crippen LogP) is 1.85. The van der Waals surface area contributed by atoms with Crippen LogP contribution in [0.1, 0.15) is 39.2 Å². The van der Waals surface area contributed by atoms with E-state index in [9.17, 15) is 5.11 Å². The van der Waals surface area contributed by atoms with Crippen molar-refractivity contribution in [2.75, 3.05) is 6.26 Å². The Balaban J connectivity index is 2.43. The van der Waals surface area contributed by atoms with Gasteiger partial charge in [0.25, 0.3) is 0 Å². The maximum absolute atomic E-state index is 9.91. The van der Waals surface area contributed by atoms with E-state index in [1.807, 2.05) is 31.1 Å². The lowest BCUT2D eigenvalue weighted by Crippen LogP contribution is -2.33. The number of imidazole rings is 1. The van der Waals surface area contributed by atoms with Crippen molar-refractivity contribution in [2.45, 2.75) is 44.4 Å². The fraction of sp³-hybridized carbons (Fsp3) is 0.571. The van der Waals surface area contributed by atoms with Gasteiger partial charge in [0.05, 0.1) is 11.7 Å². The molecule has 1 unspecified atom stereocenters. The van der Waals surface area contributed by atoms with Crippen molar-refractivity contribution >= 4 is 29.9 Å². The molecule has 1 aliphatic rings. The first-order valence-corrected chi connectivity index (χ1v) is 7.94. The van der Waals surface area contributed by atoms with Crippen molar-refractivity contribution in [3.05, 3.63) is 17.0 Å². The van der Waals surface area contributed by atoms with Crippen LogP contribution in [0.15, 0.2) is 11.3 Å². The molecular weight excluding hydrogens is 258 g/mol. The summed E-state index contributed by atoms with van der Waals surface area (Å²) in [5.41, 5.74) is 0. The van der Waals surface area contributed by atoms with Gasteiger partial charge in [0.1, 0.15) is 5.35 Å². The van der Waals surface area contributed by atoms with Crippen LogP contribution in [-0.2, 0) is 0 Å². The molecule has 2 rings (SSSR count). The number of hydrogen-bond acceptors (Lipinski definition) is 4. The highest BCUT2D eigenvalue weighted by Crippen LogP contribution is 2.34. The van der Waals surface area contributed by atoms with E-state index >= 15 is 0 Å². The molecule has 4 nitrogen and oxygen atoms in total. The average molecular weight is 279 g/mol. The number of aliphatic imine (C=N–C) groups is 1. The number of thioether (sulfide) groups is 1. The molecule has 0 aromatic carbocycles. The van der Waals surface area contributed by atoms with Gasteiger partial charge in [0.2, 0.25) is 5.88 Å². The van der Waals surface area contributed by atoms with Gasteiger partial charge in [0, 0.05) is 17.5 Å². The molecule has 0 amide bonds. The van der Waals surface area contributed by atoms with Gasteiger partial charge >= 0.3 is 0 Å². The molecule has 2 atom stereocenters. The fourth-order valence-corrected chi connectivity index (χ4v) is 3.47. The van der Waals surface area contributed by atoms with E-state index in [-0.39, 0.29) is 5.88 Å². The molecule has 0 saturated heterocycles. The molecule has 1 saturated carbocycles. The van der Waals surface area contributed by atoms with Crippen molar-refractivity contribution in [1.29, 1.82) is 0 Å². The molecule has 1 aliphatic carbocycles. The number of hydrogen-bond donors (Lipinski definition) is 1. The minimum Gasteiger partial charge on any atom is -0.492 e. The van der Waals surface area contributed by atoms with Gasteiger partial charge in [-0.2, -0.15) is 11.8 Å².